The van der Waals surface area contributed by atoms with Gasteiger partial charge >= 0.3 is 0 Å². The van der Waals surface area contributed by atoms with E-state index in [0.29, 0.717) is 16.9 Å². The number of nitro groups is 1. The molecule has 0 spiro atoms. The Morgan fingerprint density at radius 2 is 1.40 bits per heavy atom. The fraction of sp³-hybridized carbons (Fsp3) is 0.185. The van der Waals surface area contributed by atoms with Gasteiger partial charge in [0, 0.05) is 36.6 Å². The molecule has 8 nitrogen and oxygen atoms in total. The van der Waals surface area contributed by atoms with Gasteiger partial charge in [0.15, 0.2) is 0 Å². The van der Waals surface area contributed by atoms with Gasteiger partial charge in [0.05, 0.1) is 16.2 Å². The van der Waals surface area contributed by atoms with Crippen LogP contribution in [0, 0.1) is 17.0 Å². The van der Waals surface area contributed by atoms with Gasteiger partial charge in [-0.15, -0.1) is 0 Å². The van der Waals surface area contributed by atoms with Crippen molar-refractivity contribution >= 4 is 40.1 Å². The van der Waals surface area contributed by atoms with Crippen LogP contribution in [0.4, 0.5) is 22.7 Å². The second-order valence-corrected chi connectivity index (χ2v) is 8.70. The zero-order chi connectivity index (χ0) is 24.5. The molecule has 2 amide bonds. The number of hydrogen-bond donors (Lipinski definition) is 1. The van der Waals surface area contributed by atoms with E-state index in [0.717, 1.165) is 29.2 Å². The third-order valence-corrected chi connectivity index (χ3v) is 6.35. The van der Waals surface area contributed by atoms with Crippen molar-refractivity contribution in [3.63, 3.8) is 0 Å². The Bertz CT molecular complexity index is 1320. The maximum atomic E-state index is 13.5. The predicted octanol–water partition coefficient (Wildman–Crippen LogP) is 4.90. The van der Waals surface area contributed by atoms with Crippen molar-refractivity contribution in [1.82, 2.24) is 0 Å². The van der Waals surface area contributed by atoms with Gasteiger partial charge in [0.1, 0.15) is 5.70 Å². The highest BCUT2D eigenvalue weighted by Crippen LogP contribution is 2.35. The van der Waals surface area contributed by atoms with Gasteiger partial charge in [-0.3, -0.25) is 19.7 Å². The number of carbonyl (C=O) groups excluding carboxylic acids is 2. The molecule has 35 heavy (non-hydrogen) atoms. The first-order valence-electron chi connectivity index (χ1n) is 11.5. The van der Waals surface area contributed by atoms with Gasteiger partial charge < -0.3 is 10.2 Å². The van der Waals surface area contributed by atoms with Crippen molar-refractivity contribution in [2.24, 2.45) is 0 Å². The third-order valence-electron chi connectivity index (χ3n) is 6.35. The number of imide groups is 1. The fourth-order valence-electron chi connectivity index (χ4n) is 4.47. The van der Waals surface area contributed by atoms with Gasteiger partial charge in [-0.25, -0.2) is 4.90 Å². The Morgan fingerprint density at radius 1 is 0.800 bits per heavy atom. The monoisotopic (exact) mass is 468 g/mol. The minimum atomic E-state index is -0.501. The number of amides is 2. The highest BCUT2D eigenvalue weighted by atomic mass is 16.6. The number of rotatable bonds is 6. The predicted molar refractivity (Wildman–Crippen MR) is 135 cm³/mol. The average Bonchev–Trinajstić information content (AvgIpc) is 3.48. The standard InChI is InChI=1S/C27H24N4O4/c1-18-4-10-22(11-5-18)30-26(32)24(19-6-12-23(13-7-19)31(34)35)25(27(30)33)28-20-8-14-21(15-9-20)29-16-2-3-17-29/h4-15,28H,2-3,16-17H2,1H3. The Morgan fingerprint density at radius 3 is 2.00 bits per heavy atom. The number of nitrogens with zero attached hydrogens (tertiary/aromatic N) is 3. The molecular weight excluding hydrogens is 444 g/mol. The molecule has 1 saturated heterocycles. The number of non-ortho nitro benzene ring substituents is 1. The van der Waals surface area contributed by atoms with E-state index in [4.69, 9.17) is 0 Å². The SMILES string of the molecule is Cc1ccc(N2C(=O)C(Nc3ccc(N4CCCC4)cc3)=C(c3ccc([N+](=O)[O-])cc3)C2=O)cc1. The van der Waals surface area contributed by atoms with E-state index in [2.05, 4.69) is 10.2 Å². The van der Waals surface area contributed by atoms with Crippen LogP contribution in [-0.2, 0) is 9.59 Å². The lowest BCUT2D eigenvalue weighted by Crippen LogP contribution is -2.32. The van der Waals surface area contributed by atoms with Gasteiger partial charge in [-0.1, -0.05) is 17.7 Å². The van der Waals surface area contributed by atoms with Gasteiger partial charge in [-0.05, 0) is 73.9 Å². The fourth-order valence-corrected chi connectivity index (χ4v) is 4.47. The number of carbonyl (C=O) groups is 2. The molecule has 5 rings (SSSR count). The number of nitro benzene ring substituents is 1. The van der Waals surface area contributed by atoms with Crippen LogP contribution in [-0.4, -0.2) is 29.8 Å². The number of hydrogen-bond acceptors (Lipinski definition) is 6. The molecule has 0 unspecified atom stereocenters. The summed E-state index contributed by atoms with van der Waals surface area (Å²) in [6, 6.07) is 20.6. The summed E-state index contributed by atoms with van der Waals surface area (Å²) in [5.74, 6) is -0.959. The second kappa shape index (κ2) is 9.06. The van der Waals surface area contributed by atoms with Crippen LogP contribution in [0.5, 0.6) is 0 Å². The van der Waals surface area contributed by atoms with Crippen LogP contribution < -0.4 is 15.1 Å². The van der Waals surface area contributed by atoms with E-state index in [1.807, 2.05) is 43.3 Å². The summed E-state index contributed by atoms with van der Waals surface area (Å²) in [6.07, 6.45) is 2.36. The lowest BCUT2D eigenvalue weighted by molar-refractivity contribution is -0.384. The van der Waals surface area contributed by atoms with Crippen LogP contribution in [0.2, 0.25) is 0 Å². The Labute approximate surface area is 202 Å². The summed E-state index contributed by atoms with van der Waals surface area (Å²) in [4.78, 5) is 41.1. The van der Waals surface area contributed by atoms with Gasteiger partial charge in [0.25, 0.3) is 17.5 Å². The molecule has 0 bridgehead atoms. The molecule has 3 aromatic rings. The number of anilines is 3. The highest BCUT2D eigenvalue weighted by Gasteiger charge is 2.40. The van der Waals surface area contributed by atoms with Gasteiger partial charge in [0.2, 0.25) is 0 Å². The molecule has 0 aromatic heterocycles. The maximum absolute atomic E-state index is 13.5. The minimum Gasteiger partial charge on any atom is -0.372 e. The largest absolute Gasteiger partial charge is 0.372 e. The van der Waals surface area contributed by atoms with E-state index in [9.17, 15) is 19.7 Å². The first-order valence-corrected chi connectivity index (χ1v) is 11.5. The summed E-state index contributed by atoms with van der Waals surface area (Å²) in [6.45, 7) is 3.98. The van der Waals surface area contributed by atoms with Crippen LogP contribution in [0.25, 0.3) is 5.57 Å². The molecule has 1 N–H and O–H groups in total. The Hall–Kier alpha value is -4.46. The molecule has 0 atom stereocenters. The molecule has 2 aliphatic rings. The number of nitrogens with one attached hydrogen (secondary N) is 1. The average molecular weight is 469 g/mol. The molecule has 2 heterocycles. The molecule has 0 aliphatic carbocycles. The van der Waals surface area contributed by atoms with E-state index >= 15 is 0 Å². The zero-order valence-electron chi connectivity index (χ0n) is 19.2. The Kier molecular flexibility index (Phi) is 5.78. The van der Waals surface area contributed by atoms with Crippen molar-refractivity contribution < 1.29 is 14.5 Å². The van der Waals surface area contributed by atoms with Crippen molar-refractivity contribution in [2.75, 3.05) is 28.2 Å². The first kappa shape index (κ1) is 22.3. The lowest BCUT2D eigenvalue weighted by Gasteiger charge is -2.18. The lowest BCUT2D eigenvalue weighted by atomic mass is 10.0. The van der Waals surface area contributed by atoms with E-state index < -0.39 is 16.7 Å². The van der Waals surface area contributed by atoms with Crippen LogP contribution in [0.3, 0.4) is 0 Å². The number of benzene rings is 3. The maximum Gasteiger partial charge on any atom is 0.282 e. The third kappa shape index (κ3) is 4.26. The van der Waals surface area contributed by atoms with E-state index in [1.165, 1.54) is 37.1 Å². The van der Waals surface area contributed by atoms with Crippen molar-refractivity contribution in [2.45, 2.75) is 19.8 Å². The molecule has 3 aromatic carbocycles. The summed E-state index contributed by atoms with van der Waals surface area (Å²) in [5, 5.41) is 14.2. The molecule has 0 saturated carbocycles. The molecule has 176 valence electrons. The smallest absolute Gasteiger partial charge is 0.282 e. The van der Waals surface area contributed by atoms with Crippen molar-refractivity contribution in [3.8, 4) is 0 Å². The van der Waals surface area contributed by atoms with Crippen molar-refractivity contribution in [1.29, 1.82) is 0 Å². The Balaban J connectivity index is 1.52. The van der Waals surface area contributed by atoms with Crippen LogP contribution >= 0.6 is 0 Å². The molecule has 1 fully saturated rings. The summed E-state index contributed by atoms with van der Waals surface area (Å²) in [5.41, 5.74) is 3.92. The van der Waals surface area contributed by atoms with E-state index in [-0.39, 0.29) is 17.0 Å². The summed E-state index contributed by atoms with van der Waals surface area (Å²) < 4.78 is 0. The normalized spacial score (nSPS) is 15.8. The first-order chi connectivity index (χ1) is 16.9. The minimum absolute atomic E-state index is 0.0893. The topological polar surface area (TPSA) is 95.8 Å². The highest BCUT2D eigenvalue weighted by molar-refractivity contribution is 6.46. The molecule has 0 radical (unpaired) electrons. The van der Waals surface area contributed by atoms with Crippen LogP contribution in [0.1, 0.15) is 24.0 Å². The summed E-state index contributed by atoms with van der Waals surface area (Å²) >= 11 is 0. The zero-order valence-corrected chi connectivity index (χ0v) is 19.2. The molecule has 2 aliphatic heterocycles. The summed E-state index contributed by atoms with van der Waals surface area (Å²) in [7, 11) is 0. The van der Waals surface area contributed by atoms with Crippen molar-refractivity contribution in [3.05, 3.63) is 99.7 Å². The molecular formula is C27H24N4O4. The quantitative estimate of drug-likeness (QED) is 0.314. The van der Waals surface area contributed by atoms with Gasteiger partial charge in [-0.2, -0.15) is 0 Å². The number of aryl methyl sites for hydroxylation is 1. The second-order valence-electron chi connectivity index (χ2n) is 8.70. The van der Waals surface area contributed by atoms with E-state index in [1.54, 1.807) is 12.1 Å². The molecule has 8 heteroatoms. The van der Waals surface area contributed by atoms with Crippen LogP contribution in [0.15, 0.2) is 78.5 Å².